The third kappa shape index (κ3) is 6.69. The molecule has 230 valence electrons. The number of carbonyl (C=O) groups is 1. The average molecular weight is 669 g/mol. The summed E-state index contributed by atoms with van der Waals surface area (Å²) >= 11 is 3.52. The summed E-state index contributed by atoms with van der Waals surface area (Å²) in [4.78, 5) is 15.0. The Morgan fingerprint density at radius 3 is 2.68 bits per heavy atom. The van der Waals surface area contributed by atoms with E-state index in [9.17, 15) is 14.3 Å². The number of rotatable bonds is 12. The Morgan fingerprint density at radius 2 is 1.93 bits per heavy atom. The number of ether oxygens (including phenoxy) is 3. The minimum absolute atomic E-state index is 0.134. The van der Waals surface area contributed by atoms with E-state index in [-0.39, 0.29) is 41.2 Å². The minimum atomic E-state index is -0.697. The van der Waals surface area contributed by atoms with E-state index in [0.717, 1.165) is 10.0 Å². The van der Waals surface area contributed by atoms with Crippen LogP contribution in [0.1, 0.15) is 37.4 Å². The molecule has 5 rings (SSSR count). The van der Waals surface area contributed by atoms with Gasteiger partial charge in [0.2, 0.25) is 0 Å². The van der Waals surface area contributed by atoms with E-state index in [0.29, 0.717) is 29.6 Å². The van der Waals surface area contributed by atoms with E-state index < -0.39 is 23.7 Å². The van der Waals surface area contributed by atoms with Crippen molar-refractivity contribution in [3.05, 3.63) is 100 Å². The Hall–Kier alpha value is -4.06. The molecular formula is C33H32BrF2N3O5. The van der Waals surface area contributed by atoms with Crippen molar-refractivity contribution in [3.8, 4) is 22.8 Å². The van der Waals surface area contributed by atoms with E-state index in [2.05, 4.69) is 26.0 Å². The molecule has 1 unspecified atom stereocenters. The number of hydrogen-bond acceptors (Lipinski definition) is 6. The normalized spacial score (nSPS) is 12.4. The molecule has 0 saturated heterocycles. The van der Waals surface area contributed by atoms with Crippen LogP contribution in [0.15, 0.2) is 77.5 Å². The molecule has 11 heteroatoms. The molecular weight excluding hydrogens is 636 g/mol. The smallest absolute Gasteiger partial charge is 0.311 e. The van der Waals surface area contributed by atoms with Crippen molar-refractivity contribution in [1.82, 2.24) is 14.8 Å². The highest BCUT2D eigenvalue weighted by Crippen LogP contribution is 2.36. The highest BCUT2D eigenvalue weighted by atomic mass is 79.9. The predicted octanol–water partition coefficient (Wildman–Crippen LogP) is 7.55. The molecule has 0 amide bonds. The van der Waals surface area contributed by atoms with Crippen molar-refractivity contribution in [2.24, 2.45) is 5.41 Å². The molecule has 2 aromatic heterocycles. The van der Waals surface area contributed by atoms with Crippen molar-refractivity contribution in [1.29, 1.82) is 0 Å². The zero-order valence-electron chi connectivity index (χ0n) is 24.4. The Kier molecular flexibility index (Phi) is 9.48. The minimum Gasteiger partial charge on any atom is -0.469 e. The zero-order chi connectivity index (χ0) is 31.4. The number of aliphatic hydroxyl groups excluding tert-OH is 1. The zero-order valence-corrected chi connectivity index (χ0v) is 26.0. The number of carbonyl (C=O) groups excluding carboxylic acids is 1. The lowest BCUT2D eigenvalue weighted by Crippen LogP contribution is -2.27. The van der Waals surface area contributed by atoms with Gasteiger partial charge in [0.15, 0.2) is 11.6 Å². The summed E-state index contributed by atoms with van der Waals surface area (Å²) in [6.07, 6.45) is 3.84. The molecule has 0 bridgehead atoms. The number of nitrogens with zero attached hydrogens (tertiary/aromatic N) is 2. The molecule has 0 aliphatic heterocycles. The fourth-order valence-electron chi connectivity index (χ4n) is 4.97. The number of benzene rings is 3. The second-order valence-corrected chi connectivity index (χ2v) is 11.9. The molecule has 0 spiro atoms. The van der Waals surface area contributed by atoms with E-state index in [1.54, 1.807) is 43.1 Å². The van der Waals surface area contributed by atoms with Gasteiger partial charge in [0.1, 0.15) is 17.6 Å². The van der Waals surface area contributed by atoms with Crippen LogP contribution < -0.4 is 4.74 Å². The van der Waals surface area contributed by atoms with Gasteiger partial charge in [-0.15, -0.1) is 0 Å². The molecule has 8 nitrogen and oxygen atoms in total. The van der Waals surface area contributed by atoms with Gasteiger partial charge in [-0.1, -0.05) is 28.1 Å². The third-order valence-corrected chi connectivity index (χ3v) is 8.00. The van der Waals surface area contributed by atoms with Crippen LogP contribution in [0.5, 0.6) is 11.5 Å². The van der Waals surface area contributed by atoms with Gasteiger partial charge in [-0.05, 0) is 68.3 Å². The first-order chi connectivity index (χ1) is 21.1. The number of aromatic amines is 1. The second-order valence-electron chi connectivity index (χ2n) is 11.0. The third-order valence-electron chi connectivity index (χ3n) is 7.50. The quantitative estimate of drug-likeness (QED) is 0.105. The van der Waals surface area contributed by atoms with Gasteiger partial charge in [-0.2, -0.15) is 5.10 Å². The average Bonchev–Trinajstić information content (AvgIpc) is 3.68. The maximum atomic E-state index is 15.1. The fraction of sp³-hybridized carbons (Fsp3) is 0.273. The Labute approximate surface area is 261 Å². The first-order valence-corrected chi connectivity index (χ1v) is 14.7. The maximum absolute atomic E-state index is 15.1. The predicted molar refractivity (Wildman–Crippen MR) is 165 cm³/mol. The topological polar surface area (TPSA) is 98.6 Å². The number of H-pyrrole nitrogens is 1. The molecule has 0 saturated carbocycles. The molecule has 5 aromatic rings. The van der Waals surface area contributed by atoms with Crippen molar-refractivity contribution in [3.63, 3.8) is 0 Å². The van der Waals surface area contributed by atoms with Crippen LogP contribution >= 0.6 is 15.9 Å². The summed E-state index contributed by atoms with van der Waals surface area (Å²) < 4.78 is 49.5. The van der Waals surface area contributed by atoms with E-state index in [1.807, 2.05) is 24.3 Å². The standard InChI is InChI=1S/C33H32BrF2N3O5/c1-33(2,32(41)42-3)11-14-43-19-30(20-5-4-6-21(34)15-20)39-13-10-28(38-39)24-16-22(7-8-26(24)35)44-31-25(18-40)23-9-12-37-29(23)17-27(31)36/h4-10,12-13,15-17,30,37,40H,11,14,18-19H2,1-3H3. The van der Waals surface area contributed by atoms with Crippen molar-refractivity contribution in [2.75, 3.05) is 20.3 Å². The summed E-state index contributed by atoms with van der Waals surface area (Å²) in [7, 11) is 1.36. The molecule has 0 aliphatic carbocycles. The first kappa shape index (κ1) is 31.4. The lowest BCUT2D eigenvalue weighted by Gasteiger charge is -2.23. The molecule has 3 aromatic carbocycles. The summed E-state index contributed by atoms with van der Waals surface area (Å²) in [5, 5.41) is 15.3. The van der Waals surface area contributed by atoms with Gasteiger partial charge in [0, 0.05) is 51.6 Å². The molecule has 0 aliphatic rings. The number of esters is 1. The number of aromatic nitrogens is 3. The van der Waals surface area contributed by atoms with Crippen LogP contribution in [-0.2, 0) is 20.9 Å². The molecule has 44 heavy (non-hydrogen) atoms. The van der Waals surface area contributed by atoms with Crippen molar-refractivity contribution >= 4 is 32.8 Å². The van der Waals surface area contributed by atoms with Gasteiger partial charge < -0.3 is 24.3 Å². The summed E-state index contributed by atoms with van der Waals surface area (Å²) in [5.41, 5.74) is 1.51. The Bertz CT molecular complexity index is 1780. The summed E-state index contributed by atoms with van der Waals surface area (Å²) in [6, 6.07) is 16.1. The van der Waals surface area contributed by atoms with Crippen LogP contribution in [0.25, 0.3) is 22.2 Å². The van der Waals surface area contributed by atoms with Crippen LogP contribution in [0.3, 0.4) is 0 Å². The Balaban J connectivity index is 1.40. The SMILES string of the molecule is COC(=O)C(C)(C)CCOCC(c1cccc(Br)c1)n1ccc(-c2cc(Oc3c(F)cc4[nH]ccc4c3CO)ccc2F)n1. The van der Waals surface area contributed by atoms with Gasteiger partial charge in [0.25, 0.3) is 0 Å². The van der Waals surface area contributed by atoms with Crippen molar-refractivity contribution < 1.29 is 32.9 Å². The van der Waals surface area contributed by atoms with E-state index in [1.165, 1.54) is 31.4 Å². The number of nitrogens with one attached hydrogen (secondary N) is 1. The highest BCUT2D eigenvalue weighted by molar-refractivity contribution is 9.10. The van der Waals surface area contributed by atoms with Crippen LogP contribution in [0.2, 0.25) is 0 Å². The first-order valence-electron chi connectivity index (χ1n) is 13.9. The van der Waals surface area contributed by atoms with Gasteiger partial charge in [-0.3, -0.25) is 9.48 Å². The van der Waals surface area contributed by atoms with Crippen LogP contribution in [0, 0.1) is 17.0 Å². The number of fused-ring (bicyclic) bond motifs is 1. The molecule has 2 heterocycles. The number of aliphatic hydroxyl groups is 1. The van der Waals surface area contributed by atoms with E-state index >= 15 is 4.39 Å². The summed E-state index contributed by atoms with van der Waals surface area (Å²) in [6.45, 7) is 3.72. The number of halogens is 3. The largest absolute Gasteiger partial charge is 0.469 e. The molecule has 0 radical (unpaired) electrons. The number of hydrogen-bond donors (Lipinski definition) is 2. The monoisotopic (exact) mass is 667 g/mol. The molecule has 0 fully saturated rings. The number of methoxy groups -OCH3 is 1. The fourth-order valence-corrected chi connectivity index (χ4v) is 5.38. The second kappa shape index (κ2) is 13.3. The van der Waals surface area contributed by atoms with Gasteiger partial charge in [0.05, 0.1) is 31.4 Å². The lowest BCUT2D eigenvalue weighted by atomic mass is 9.90. The van der Waals surface area contributed by atoms with Crippen LogP contribution in [-0.4, -0.2) is 46.2 Å². The van der Waals surface area contributed by atoms with Gasteiger partial charge in [-0.25, -0.2) is 8.78 Å². The summed E-state index contributed by atoms with van der Waals surface area (Å²) in [5.74, 6) is -1.46. The van der Waals surface area contributed by atoms with E-state index in [4.69, 9.17) is 14.2 Å². The van der Waals surface area contributed by atoms with Crippen molar-refractivity contribution in [2.45, 2.75) is 32.9 Å². The maximum Gasteiger partial charge on any atom is 0.311 e. The molecule has 2 N–H and O–H groups in total. The Morgan fingerprint density at radius 1 is 1.11 bits per heavy atom. The molecule has 1 atom stereocenters. The highest BCUT2D eigenvalue weighted by Gasteiger charge is 2.28. The van der Waals surface area contributed by atoms with Crippen LogP contribution in [0.4, 0.5) is 8.78 Å². The lowest BCUT2D eigenvalue weighted by molar-refractivity contribution is -0.151. The van der Waals surface area contributed by atoms with Gasteiger partial charge >= 0.3 is 5.97 Å².